The van der Waals surface area contributed by atoms with Crippen molar-refractivity contribution in [2.24, 2.45) is 0 Å². The van der Waals surface area contributed by atoms with Crippen LogP contribution in [0.1, 0.15) is 48.0 Å². The van der Waals surface area contributed by atoms with Gasteiger partial charge in [0, 0.05) is 83.5 Å². The Morgan fingerprint density at radius 2 is 1.88 bits per heavy atom. The van der Waals surface area contributed by atoms with Crippen molar-refractivity contribution in [3.63, 3.8) is 0 Å². The fourth-order valence-electron chi connectivity index (χ4n) is 8.10. The second-order valence-electron chi connectivity index (χ2n) is 16.0. The van der Waals surface area contributed by atoms with Crippen LogP contribution in [0.2, 0.25) is 0 Å². The first-order chi connectivity index (χ1) is 31.9. The first kappa shape index (κ1) is 50.0. The van der Waals surface area contributed by atoms with Crippen molar-refractivity contribution in [1.82, 2.24) is 39.8 Å². The van der Waals surface area contributed by atoms with E-state index in [-0.39, 0.29) is 104 Å². The fraction of sp³-hybridized carbons (Fsp3) is 0.333. The minimum Gasteiger partial charge on any atom is -0.457 e. The van der Waals surface area contributed by atoms with Gasteiger partial charge in [-0.25, -0.2) is 23.9 Å². The number of fused-ring (bicyclic) bond motifs is 2. The standard InChI is InChI=1S/C34H37FN9O4.C14H12NO3.Y/c1-23(45)38-14-18-47-19-17-42(3)16-13-29(37-2)34(46)43-15-7-8-24(43)21-44-33-30(32(36)39-22-40-33)31(41-44)27-12-11-26(20-28(27)35)48-25-9-5-4-6-10-25;16-10-5-6-12(13(17)7-10)15-8-9-3-1-2-4-11(9)14(15)18;/h4-6,9-13,20,22,24H,1,7-8,14-19,21H2,3H3,(H,38,45)(H2,36,39,40);1-2,4,12H,5-8H2;/q2*-1;/b29-13-;;/t24-;;/m0../s1. The molecule has 345 valence electrons. The number of amides is 3. The number of carbonyl (C=O) groups is 5. The zero-order valence-corrected chi connectivity index (χ0v) is 39.9. The molecule has 3 N–H and O–H groups in total. The van der Waals surface area contributed by atoms with Gasteiger partial charge in [-0.05, 0) is 50.6 Å². The number of rotatable bonds is 15. The summed E-state index contributed by atoms with van der Waals surface area (Å²) in [5.74, 6) is -0.471. The Hall–Kier alpha value is -6.39. The minimum absolute atomic E-state index is 0. The Bertz CT molecular complexity index is 2690. The third-order valence-corrected chi connectivity index (χ3v) is 11.5. The van der Waals surface area contributed by atoms with E-state index in [1.54, 1.807) is 63.0 Å². The molecule has 3 aromatic carbocycles. The molecule has 1 aliphatic carbocycles. The van der Waals surface area contributed by atoms with Crippen molar-refractivity contribution < 1.29 is 70.5 Å². The van der Waals surface area contributed by atoms with Crippen molar-refractivity contribution in [2.75, 3.05) is 52.2 Å². The Morgan fingerprint density at radius 1 is 1.07 bits per heavy atom. The smallest absolute Gasteiger partial charge is 0.252 e. The van der Waals surface area contributed by atoms with E-state index in [0.717, 1.165) is 12.0 Å². The van der Waals surface area contributed by atoms with E-state index in [4.69, 9.17) is 26.9 Å². The van der Waals surface area contributed by atoms with Crippen LogP contribution in [0.25, 0.3) is 27.1 Å². The molecule has 2 fully saturated rings. The van der Waals surface area contributed by atoms with Crippen LogP contribution in [0.3, 0.4) is 0 Å². The maximum Gasteiger partial charge on any atom is 0.252 e. The molecule has 1 unspecified atom stereocenters. The quantitative estimate of drug-likeness (QED) is 0.0628. The number of ether oxygens (including phenoxy) is 2. The van der Waals surface area contributed by atoms with Gasteiger partial charge in [-0.2, -0.15) is 29.4 Å². The van der Waals surface area contributed by atoms with Gasteiger partial charge in [-0.1, -0.05) is 29.8 Å². The molecule has 2 aliphatic heterocycles. The summed E-state index contributed by atoms with van der Waals surface area (Å²) in [5, 5.41) is 7.70. The number of likely N-dealkylation sites (N-methyl/N-ethyl adjacent to an activating group) is 1. The summed E-state index contributed by atoms with van der Waals surface area (Å²) < 4.78 is 28.5. The number of nitrogen functional groups attached to an aromatic ring is 1. The normalized spacial score (nSPS) is 16.9. The van der Waals surface area contributed by atoms with Gasteiger partial charge in [0.25, 0.3) is 5.91 Å². The molecule has 19 heteroatoms. The zero-order valence-electron chi connectivity index (χ0n) is 37.0. The van der Waals surface area contributed by atoms with Crippen molar-refractivity contribution in [3.8, 4) is 22.8 Å². The zero-order chi connectivity index (χ0) is 46.7. The average Bonchev–Trinajstić information content (AvgIpc) is 4.02. The Balaban J connectivity index is 0.000000323. The number of Topliss-reactive ketones (excluding diaryl/α,β-unsaturated/α-hetero) is 2. The van der Waals surface area contributed by atoms with Crippen LogP contribution in [0.4, 0.5) is 10.2 Å². The fourth-order valence-corrected chi connectivity index (χ4v) is 8.10. The summed E-state index contributed by atoms with van der Waals surface area (Å²) in [7, 11) is 1.86. The molecule has 3 aliphatic rings. The van der Waals surface area contributed by atoms with E-state index >= 15 is 4.39 Å². The number of ketones is 2. The molecular weight excluding hydrogens is 936 g/mol. The summed E-state index contributed by atoms with van der Waals surface area (Å²) in [6.45, 7) is 14.2. The number of aromatic nitrogens is 4. The second kappa shape index (κ2) is 23.4. The first-order valence-electron chi connectivity index (χ1n) is 21.5. The van der Waals surface area contributed by atoms with E-state index in [1.807, 2.05) is 30.1 Å². The van der Waals surface area contributed by atoms with Gasteiger partial charge in [-0.15, -0.1) is 5.56 Å². The van der Waals surface area contributed by atoms with Crippen LogP contribution < -0.4 is 15.8 Å². The number of carbonyl (C=O) groups excluding carboxylic acids is 5. The van der Waals surface area contributed by atoms with Gasteiger partial charge in [0.1, 0.15) is 40.9 Å². The third-order valence-electron chi connectivity index (χ3n) is 11.5. The largest absolute Gasteiger partial charge is 0.457 e. The number of nitrogens with one attached hydrogen (secondary N) is 1. The number of hydrogen-bond acceptors (Lipinski definition) is 12. The summed E-state index contributed by atoms with van der Waals surface area (Å²) in [6, 6.07) is 21.2. The maximum absolute atomic E-state index is 15.6. The van der Waals surface area contributed by atoms with Crippen LogP contribution in [-0.2, 0) is 69.7 Å². The van der Waals surface area contributed by atoms with Crippen molar-refractivity contribution in [1.29, 1.82) is 0 Å². The molecule has 67 heavy (non-hydrogen) atoms. The summed E-state index contributed by atoms with van der Waals surface area (Å²) in [6.07, 6.45) is 5.21. The number of para-hydroxylation sites is 1. The summed E-state index contributed by atoms with van der Waals surface area (Å²) in [4.78, 5) is 76.9. The second-order valence-corrected chi connectivity index (χ2v) is 16.0. The third kappa shape index (κ3) is 12.3. The number of hydrogen-bond donors (Lipinski definition) is 2. The molecule has 2 aromatic heterocycles. The molecule has 17 nitrogen and oxygen atoms in total. The monoisotopic (exact) mass is 985 g/mol. The van der Waals surface area contributed by atoms with Crippen LogP contribution >= 0.6 is 0 Å². The van der Waals surface area contributed by atoms with Gasteiger partial charge < -0.3 is 46.9 Å². The Morgan fingerprint density at radius 3 is 2.61 bits per heavy atom. The molecule has 1 saturated carbocycles. The number of halogens is 1. The molecule has 1 radical (unpaired) electrons. The van der Waals surface area contributed by atoms with Crippen LogP contribution in [0.15, 0.2) is 84.8 Å². The van der Waals surface area contributed by atoms with E-state index in [1.165, 1.54) is 12.4 Å². The van der Waals surface area contributed by atoms with E-state index < -0.39 is 11.9 Å². The maximum atomic E-state index is 15.6. The van der Waals surface area contributed by atoms with Gasteiger partial charge in [0.15, 0.2) is 17.3 Å². The van der Waals surface area contributed by atoms with Crippen molar-refractivity contribution in [2.45, 2.75) is 57.3 Å². The minimum atomic E-state index is -0.554. The van der Waals surface area contributed by atoms with Gasteiger partial charge in [0.05, 0.1) is 56.1 Å². The molecule has 0 bridgehead atoms. The molecule has 4 heterocycles. The number of anilines is 1. The predicted octanol–water partition coefficient (Wildman–Crippen LogP) is 4.83. The van der Waals surface area contributed by atoms with E-state index in [9.17, 15) is 24.0 Å². The average molecular weight is 986 g/mol. The van der Waals surface area contributed by atoms with Gasteiger partial charge in [0.2, 0.25) is 5.70 Å². The molecular formula is C48H49FN10O7Y-2. The predicted molar refractivity (Wildman–Crippen MR) is 241 cm³/mol. The Labute approximate surface area is 412 Å². The number of nitrogens with zero attached hydrogens (tertiary/aromatic N) is 8. The SMILES string of the molecule is O=C1CCC(N2Cc3[c-]cccc3C2=O)C(=O)C1.[C-]#[N+]/C(=C\CN(C)CCOCCNC([CH2-])=O)C(=O)N1CCC[C@H]1Cn1nc(-c2ccc(Oc3ccccc3)cc2F)c2c(N)ncnc21.[Y]. The van der Waals surface area contributed by atoms with Crippen LogP contribution in [-0.4, -0.2) is 122 Å². The van der Waals surface area contributed by atoms with Crippen LogP contribution in [0.5, 0.6) is 11.5 Å². The van der Waals surface area contributed by atoms with Crippen molar-refractivity contribution in [3.05, 3.63) is 126 Å². The number of nitrogens with two attached hydrogens (primary N) is 1. The molecule has 5 aromatic rings. The van der Waals surface area contributed by atoms with E-state index in [2.05, 4.69) is 33.1 Å². The molecule has 1 saturated heterocycles. The van der Waals surface area contributed by atoms with Gasteiger partial charge in [-0.3, -0.25) is 19.2 Å². The van der Waals surface area contributed by atoms with E-state index in [0.29, 0.717) is 93.3 Å². The Kier molecular flexibility index (Phi) is 17.5. The number of benzene rings is 3. The van der Waals surface area contributed by atoms with Gasteiger partial charge >= 0.3 is 0 Å². The molecule has 2 atom stereocenters. The van der Waals surface area contributed by atoms with Crippen molar-refractivity contribution >= 4 is 46.1 Å². The molecule has 0 spiro atoms. The first-order valence-corrected chi connectivity index (χ1v) is 21.5. The number of likely N-dealkylation sites (tertiary alicyclic amines) is 1. The van der Waals surface area contributed by atoms with Crippen LogP contribution in [0, 0.1) is 25.4 Å². The molecule has 8 rings (SSSR count). The molecule has 3 amide bonds. The summed E-state index contributed by atoms with van der Waals surface area (Å²) in [5.41, 5.74) is 8.67. The summed E-state index contributed by atoms with van der Waals surface area (Å²) >= 11 is 0. The topological polar surface area (TPSA) is 200 Å².